The Bertz CT molecular complexity index is 236. The third-order valence-electron chi connectivity index (χ3n) is 3.09. The van der Waals surface area contributed by atoms with Gasteiger partial charge in [0.2, 0.25) is 0 Å². The summed E-state index contributed by atoms with van der Waals surface area (Å²) in [6, 6.07) is 2.71. The number of rotatable bonds is 6. The van der Waals surface area contributed by atoms with Gasteiger partial charge < -0.3 is 10.6 Å². The number of hydrogen-bond donors (Lipinski definition) is 1. The van der Waals surface area contributed by atoms with Gasteiger partial charge in [-0.2, -0.15) is 5.26 Å². The first-order chi connectivity index (χ1) is 6.94. The molecule has 1 aliphatic carbocycles. The fourth-order valence-corrected chi connectivity index (χ4v) is 1.62. The summed E-state index contributed by atoms with van der Waals surface area (Å²) in [6.07, 6.45) is 3.51. The molecule has 0 amide bonds. The lowest BCUT2D eigenvalue weighted by atomic mass is 10.0. The Hall–Kier alpha value is -0.590. The van der Waals surface area contributed by atoms with E-state index in [1.165, 1.54) is 19.4 Å². The fraction of sp³-hybridized carbons (Fsp3) is 0.917. The van der Waals surface area contributed by atoms with Gasteiger partial charge in [-0.15, -0.1) is 0 Å². The SMILES string of the molecule is CC(C)N(CCC(C)(N)C#N)CC1CC1. The zero-order valence-electron chi connectivity index (χ0n) is 10.2. The molecule has 0 aliphatic heterocycles. The summed E-state index contributed by atoms with van der Waals surface area (Å²) in [5.41, 5.74) is 5.15. The van der Waals surface area contributed by atoms with Crippen LogP contribution in [-0.2, 0) is 0 Å². The van der Waals surface area contributed by atoms with E-state index >= 15 is 0 Å². The van der Waals surface area contributed by atoms with Crippen LogP contribution in [-0.4, -0.2) is 29.6 Å². The average molecular weight is 209 g/mol. The van der Waals surface area contributed by atoms with Crippen molar-refractivity contribution in [1.29, 1.82) is 5.26 Å². The molecule has 0 bridgehead atoms. The Morgan fingerprint density at radius 3 is 2.53 bits per heavy atom. The van der Waals surface area contributed by atoms with E-state index in [9.17, 15) is 0 Å². The zero-order valence-corrected chi connectivity index (χ0v) is 10.2. The van der Waals surface area contributed by atoms with Crippen LogP contribution in [0.2, 0.25) is 0 Å². The Labute approximate surface area is 93.2 Å². The molecule has 3 heteroatoms. The molecule has 1 saturated carbocycles. The van der Waals surface area contributed by atoms with Crippen LogP contribution in [0.3, 0.4) is 0 Å². The molecule has 1 atom stereocenters. The van der Waals surface area contributed by atoms with Crippen molar-refractivity contribution in [3.63, 3.8) is 0 Å². The molecule has 0 saturated heterocycles. The minimum absolute atomic E-state index is 0.556. The second-order valence-corrected chi connectivity index (χ2v) is 5.31. The Kier molecular flexibility index (Phi) is 4.12. The Morgan fingerprint density at radius 1 is 1.53 bits per heavy atom. The smallest absolute Gasteiger partial charge is 0.102 e. The highest BCUT2D eigenvalue weighted by atomic mass is 15.1. The first-order valence-corrected chi connectivity index (χ1v) is 5.89. The summed E-state index contributed by atoms with van der Waals surface area (Å²) in [6.45, 7) is 8.35. The first kappa shape index (κ1) is 12.5. The number of nitrogens with zero attached hydrogens (tertiary/aromatic N) is 2. The van der Waals surface area contributed by atoms with Crippen LogP contribution in [0.4, 0.5) is 0 Å². The van der Waals surface area contributed by atoms with Gasteiger partial charge in [-0.25, -0.2) is 0 Å². The van der Waals surface area contributed by atoms with Crippen LogP contribution in [0.5, 0.6) is 0 Å². The minimum Gasteiger partial charge on any atom is -0.314 e. The summed E-state index contributed by atoms with van der Waals surface area (Å²) in [5, 5.41) is 8.85. The zero-order chi connectivity index (χ0) is 11.5. The molecular formula is C12H23N3. The maximum absolute atomic E-state index is 8.85. The van der Waals surface area contributed by atoms with Gasteiger partial charge in [0.1, 0.15) is 5.54 Å². The third-order valence-corrected chi connectivity index (χ3v) is 3.09. The van der Waals surface area contributed by atoms with Crippen molar-refractivity contribution in [2.75, 3.05) is 13.1 Å². The van der Waals surface area contributed by atoms with Crippen molar-refractivity contribution in [2.45, 2.75) is 51.6 Å². The van der Waals surface area contributed by atoms with Crippen molar-refractivity contribution >= 4 is 0 Å². The molecule has 86 valence electrons. The van der Waals surface area contributed by atoms with Gasteiger partial charge in [0.05, 0.1) is 6.07 Å². The maximum atomic E-state index is 8.85. The van der Waals surface area contributed by atoms with Crippen LogP contribution in [0, 0.1) is 17.2 Å². The quantitative estimate of drug-likeness (QED) is 0.725. The lowest BCUT2D eigenvalue weighted by Gasteiger charge is -2.28. The molecule has 2 N–H and O–H groups in total. The topological polar surface area (TPSA) is 53.0 Å². The molecule has 1 rings (SSSR count). The lowest BCUT2D eigenvalue weighted by molar-refractivity contribution is 0.200. The van der Waals surface area contributed by atoms with Crippen molar-refractivity contribution in [1.82, 2.24) is 4.90 Å². The van der Waals surface area contributed by atoms with E-state index in [1.54, 1.807) is 0 Å². The third kappa shape index (κ3) is 4.63. The summed E-state index contributed by atoms with van der Waals surface area (Å²) in [4.78, 5) is 2.44. The van der Waals surface area contributed by atoms with Gasteiger partial charge in [0, 0.05) is 19.1 Å². The molecule has 1 fully saturated rings. The highest BCUT2D eigenvalue weighted by Gasteiger charge is 2.26. The number of nitriles is 1. The van der Waals surface area contributed by atoms with Crippen LogP contribution < -0.4 is 5.73 Å². The van der Waals surface area contributed by atoms with E-state index in [1.807, 2.05) is 6.92 Å². The number of nitrogens with two attached hydrogens (primary N) is 1. The molecule has 0 aromatic rings. The van der Waals surface area contributed by atoms with Gasteiger partial charge >= 0.3 is 0 Å². The van der Waals surface area contributed by atoms with E-state index in [0.717, 1.165) is 18.9 Å². The molecule has 0 spiro atoms. The normalized spacial score (nSPS) is 20.3. The number of hydrogen-bond acceptors (Lipinski definition) is 3. The Balaban J connectivity index is 2.34. The molecule has 0 heterocycles. The van der Waals surface area contributed by atoms with E-state index in [4.69, 9.17) is 11.0 Å². The van der Waals surface area contributed by atoms with Gasteiger partial charge in [0.15, 0.2) is 0 Å². The molecule has 0 radical (unpaired) electrons. The van der Waals surface area contributed by atoms with Crippen LogP contribution in [0.15, 0.2) is 0 Å². The van der Waals surface area contributed by atoms with Crippen molar-refractivity contribution < 1.29 is 0 Å². The molecule has 0 aromatic carbocycles. The predicted octanol–water partition coefficient (Wildman–Crippen LogP) is 1.74. The van der Waals surface area contributed by atoms with Crippen LogP contribution in [0.1, 0.15) is 40.0 Å². The van der Waals surface area contributed by atoms with Gasteiger partial charge in [-0.3, -0.25) is 0 Å². The fourth-order valence-electron chi connectivity index (χ4n) is 1.62. The van der Waals surface area contributed by atoms with Crippen LogP contribution in [0.25, 0.3) is 0 Å². The van der Waals surface area contributed by atoms with E-state index < -0.39 is 5.54 Å². The monoisotopic (exact) mass is 209 g/mol. The molecule has 1 aliphatic rings. The van der Waals surface area contributed by atoms with E-state index in [-0.39, 0.29) is 0 Å². The second kappa shape index (κ2) is 4.96. The maximum Gasteiger partial charge on any atom is 0.102 e. The minimum atomic E-state index is -0.670. The highest BCUT2D eigenvalue weighted by Crippen LogP contribution is 2.30. The van der Waals surface area contributed by atoms with E-state index in [0.29, 0.717) is 6.04 Å². The van der Waals surface area contributed by atoms with Crippen molar-refractivity contribution in [3.05, 3.63) is 0 Å². The average Bonchev–Trinajstić information content (AvgIpc) is 2.95. The summed E-state index contributed by atoms with van der Waals surface area (Å²) >= 11 is 0. The van der Waals surface area contributed by atoms with Crippen LogP contribution >= 0.6 is 0 Å². The molecular weight excluding hydrogens is 186 g/mol. The second-order valence-electron chi connectivity index (χ2n) is 5.31. The molecule has 15 heavy (non-hydrogen) atoms. The molecule has 3 nitrogen and oxygen atoms in total. The first-order valence-electron chi connectivity index (χ1n) is 5.89. The van der Waals surface area contributed by atoms with Crippen molar-refractivity contribution in [3.8, 4) is 6.07 Å². The summed E-state index contributed by atoms with van der Waals surface area (Å²) in [7, 11) is 0. The van der Waals surface area contributed by atoms with E-state index in [2.05, 4.69) is 24.8 Å². The lowest BCUT2D eigenvalue weighted by Crippen LogP contribution is -2.41. The van der Waals surface area contributed by atoms with Gasteiger partial charge in [0.25, 0.3) is 0 Å². The molecule has 0 aromatic heterocycles. The predicted molar refractivity (Wildman–Crippen MR) is 62.3 cm³/mol. The Morgan fingerprint density at radius 2 is 2.13 bits per heavy atom. The van der Waals surface area contributed by atoms with Gasteiger partial charge in [-0.1, -0.05) is 0 Å². The standard InChI is InChI=1S/C12H23N3/c1-10(2)15(8-11-4-5-11)7-6-12(3,14)9-13/h10-11H,4-8,14H2,1-3H3. The van der Waals surface area contributed by atoms with Crippen molar-refractivity contribution in [2.24, 2.45) is 11.7 Å². The largest absolute Gasteiger partial charge is 0.314 e. The summed E-state index contributed by atoms with van der Waals surface area (Å²) < 4.78 is 0. The van der Waals surface area contributed by atoms with Gasteiger partial charge in [-0.05, 0) is 46.0 Å². The molecule has 1 unspecified atom stereocenters. The summed E-state index contributed by atoms with van der Waals surface area (Å²) in [5.74, 6) is 0.901. The highest BCUT2D eigenvalue weighted by molar-refractivity contribution is 5.01.